The molecular formula is C10H10ClN3OS. The Kier molecular flexibility index (Phi) is 3.26. The number of rotatable bonds is 3. The first-order valence-electron chi connectivity index (χ1n) is 4.65. The van der Waals surface area contributed by atoms with Crippen molar-refractivity contribution < 1.29 is 4.74 Å². The van der Waals surface area contributed by atoms with Gasteiger partial charge in [0.15, 0.2) is 10.6 Å². The summed E-state index contributed by atoms with van der Waals surface area (Å²) in [6.45, 7) is 0.366. The SMILES string of the molecule is Cn1c(COc2ccc(Cl)cc2)n[nH]c1=S. The zero-order chi connectivity index (χ0) is 11.5. The second-order valence-electron chi connectivity index (χ2n) is 3.25. The molecule has 84 valence electrons. The summed E-state index contributed by atoms with van der Waals surface area (Å²) >= 11 is 10.8. The fourth-order valence-electron chi connectivity index (χ4n) is 1.19. The van der Waals surface area contributed by atoms with Gasteiger partial charge in [0, 0.05) is 12.1 Å². The van der Waals surface area contributed by atoms with Crippen molar-refractivity contribution in [1.82, 2.24) is 14.8 Å². The number of aromatic nitrogens is 3. The molecule has 4 nitrogen and oxygen atoms in total. The van der Waals surface area contributed by atoms with Gasteiger partial charge in [0.2, 0.25) is 0 Å². The molecule has 6 heteroatoms. The third kappa shape index (κ3) is 2.43. The number of nitrogens with one attached hydrogen (secondary N) is 1. The summed E-state index contributed by atoms with van der Waals surface area (Å²) < 4.78 is 7.88. The molecule has 0 aliphatic heterocycles. The van der Waals surface area contributed by atoms with Crippen LogP contribution in [0.25, 0.3) is 0 Å². The van der Waals surface area contributed by atoms with E-state index in [0.29, 0.717) is 16.4 Å². The summed E-state index contributed by atoms with van der Waals surface area (Å²) in [5.41, 5.74) is 0. The average molecular weight is 256 g/mol. The van der Waals surface area contributed by atoms with E-state index in [0.717, 1.165) is 11.6 Å². The average Bonchev–Trinajstić information content (AvgIpc) is 2.60. The van der Waals surface area contributed by atoms with E-state index in [-0.39, 0.29) is 0 Å². The largest absolute Gasteiger partial charge is 0.486 e. The summed E-state index contributed by atoms with van der Waals surface area (Å²) in [5, 5.41) is 7.43. The smallest absolute Gasteiger partial charge is 0.194 e. The molecule has 2 rings (SSSR count). The van der Waals surface area contributed by atoms with Crippen molar-refractivity contribution in [3.05, 3.63) is 39.9 Å². The first kappa shape index (κ1) is 11.2. The molecule has 0 unspecified atom stereocenters. The molecule has 0 fully saturated rings. The third-order valence-electron chi connectivity index (χ3n) is 2.15. The number of H-pyrrole nitrogens is 1. The molecule has 1 heterocycles. The lowest BCUT2D eigenvalue weighted by atomic mass is 10.3. The molecule has 0 spiro atoms. The summed E-state index contributed by atoms with van der Waals surface area (Å²) in [7, 11) is 1.84. The highest BCUT2D eigenvalue weighted by atomic mass is 35.5. The first-order chi connectivity index (χ1) is 7.66. The number of hydrogen-bond acceptors (Lipinski definition) is 3. The van der Waals surface area contributed by atoms with E-state index in [1.807, 2.05) is 19.2 Å². The van der Waals surface area contributed by atoms with Gasteiger partial charge >= 0.3 is 0 Å². The van der Waals surface area contributed by atoms with Crippen molar-refractivity contribution in [2.24, 2.45) is 7.05 Å². The zero-order valence-electron chi connectivity index (χ0n) is 8.61. The molecule has 16 heavy (non-hydrogen) atoms. The lowest BCUT2D eigenvalue weighted by Gasteiger charge is -2.05. The predicted octanol–water partition coefficient (Wildman–Crippen LogP) is 2.71. The van der Waals surface area contributed by atoms with Crippen LogP contribution in [-0.4, -0.2) is 14.8 Å². The molecule has 0 aliphatic rings. The van der Waals surface area contributed by atoms with Gasteiger partial charge in [-0.15, -0.1) is 0 Å². The number of halogens is 1. The number of ether oxygens (including phenoxy) is 1. The van der Waals surface area contributed by atoms with Crippen molar-refractivity contribution in [3.63, 3.8) is 0 Å². The van der Waals surface area contributed by atoms with E-state index in [2.05, 4.69) is 10.2 Å². The van der Waals surface area contributed by atoms with E-state index in [1.165, 1.54) is 0 Å². The van der Waals surface area contributed by atoms with Crippen LogP contribution in [-0.2, 0) is 13.7 Å². The van der Waals surface area contributed by atoms with Gasteiger partial charge in [-0.25, -0.2) is 0 Å². The molecule has 0 saturated heterocycles. The number of aromatic amines is 1. The molecule has 0 radical (unpaired) electrons. The highest BCUT2D eigenvalue weighted by molar-refractivity contribution is 7.71. The van der Waals surface area contributed by atoms with Gasteiger partial charge in [0.25, 0.3) is 0 Å². The quantitative estimate of drug-likeness (QED) is 0.858. The van der Waals surface area contributed by atoms with Crippen LogP contribution in [0, 0.1) is 4.77 Å². The van der Waals surface area contributed by atoms with E-state index in [4.69, 9.17) is 28.6 Å². The first-order valence-corrected chi connectivity index (χ1v) is 5.44. The zero-order valence-corrected chi connectivity index (χ0v) is 10.2. The Hall–Kier alpha value is -1.33. The Morgan fingerprint density at radius 3 is 2.69 bits per heavy atom. The molecule has 0 atom stereocenters. The Morgan fingerprint density at radius 1 is 1.44 bits per heavy atom. The van der Waals surface area contributed by atoms with Crippen LogP contribution in [0.1, 0.15) is 5.82 Å². The van der Waals surface area contributed by atoms with Crippen LogP contribution in [0.2, 0.25) is 5.02 Å². The monoisotopic (exact) mass is 255 g/mol. The molecule has 0 bridgehead atoms. The Morgan fingerprint density at radius 2 is 2.12 bits per heavy atom. The maximum absolute atomic E-state index is 5.77. The Labute approximate surface area is 103 Å². The molecule has 2 aromatic rings. The fourth-order valence-corrected chi connectivity index (χ4v) is 1.46. The van der Waals surface area contributed by atoms with E-state index in [9.17, 15) is 0 Å². The highest BCUT2D eigenvalue weighted by Gasteiger charge is 2.02. The van der Waals surface area contributed by atoms with E-state index in [1.54, 1.807) is 16.7 Å². The number of nitrogens with zero attached hydrogens (tertiary/aromatic N) is 2. The highest BCUT2D eigenvalue weighted by Crippen LogP contribution is 2.16. The molecule has 0 saturated carbocycles. The standard InChI is InChI=1S/C10H10ClN3OS/c1-14-9(12-13-10(14)16)6-15-8-4-2-7(11)3-5-8/h2-5H,6H2,1H3,(H,13,16). The van der Waals surface area contributed by atoms with Gasteiger partial charge in [0.05, 0.1) is 0 Å². The number of hydrogen-bond donors (Lipinski definition) is 1. The van der Waals surface area contributed by atoms with Crippen LogP contribution in [0.4, 0.5) is 0 Å². The van der Waals surface area contributed by atoms with Crippen molar-refractivity contribution in [2.75, 3.05) is 0 Å². The van der Waals surface area contributed by atoms with Gasteiger partial charge in [-0.1, -0.05) is 11.6 Å². The van der Waals surface area contributed by atoms with Crippen molar-refractivity contribution in [3.8, 4) is 5.75 Å². The van der Waals surface area contributed by atoms with Crippen LogP contribution >= 0.6 is 23.8 Å². The van der Waals surface area contributed by atoms with E-state index >= 15 is 0 Å². The minimum absolute atomic E-state index is 0.366. The van der Waals surface area contributed by atoms with Crippen molar-refractivity contribution in [2.45, 2.75) is 6.61 Å². The van der Waals surface area contributed by atoms with Gasteiger partial charge < -0.3 is 9.30 Å². The molecule has 1 aromatic carbocycles. The summed E-state index contributed by atoms with van der Waals surface area (Å²) in [5.74, 6) is 1.50. The third-order valence-corrected chi connectivity index (χ3v) is 2.77. The van der Waals surface area contributed by atoms with Gasteiger partial charge in [-0.2, -0.15) is 5.10 Å². The van der Waals surface area contributed by atoms with Gasteiger partial charge in [-0.3, -0.25) is 5.10 Å². The Balaban J connectivity index is 2.05. The minimum atomic E-state index is 0.366. The summed E-state index contributed by atoms with van der Waals surface area (Å²) in [6, 6.07) is 7.17. The summed E-state index contributed by atoms with van der Waals surface area (Å²) in [6.07, 6.45) is 0. The van der Waals surface area contributed by atoms with Crippen LogP contribution in [0.15, 0.2) is 24.3 Å². The lowest BCUT2D eigenvalue weighted by Crippen LogP contribution is -2.03. The number of benzene rings is 1. The minimum Gasteiger partial charge on any atom is -0.486 e. The predicted molar refractivity (Wildman–Crippen MR) is 64.2 cm³/mol. The van der Waals surface area contributed by atoms with Crippen molar-refractivity contribution >= 4 is 23.8 Å². The van der Waals surface area contributed by atoms with Crippen molar-refractivity contribution in [1.29, 1.82) is 0 Å². The van der Waals surface area contributed by atoms with Crippen LogP contribution in [0.3, 0.4) is 0 Å². The fraction of sp³-hybridized carbons (Fsp3) is 0.200. The topological polar surface area (TPSA) is 42.8 Å². The summed E-state index contributed by atoms with van der Waals surface area (Å²) in [4.78, 5) is 0. The maximum atomic E-state index is 5.77. The lowest BCUT2D eigenvalue weighted by molar-refractivity contribution is 0.291. The van der Waals surface area contributed by atoms with Gasteiger partial charge in [-0.05, 0) is 36.5 Å². The maximum Gasteiger partial charge on any atom is 0.194 e. The molecule has 1 N–H and O–H groups in total. The normalized spacial score (nSPS) is 10.4. The van der Waals surface area contributed by atoms with Crippen LogP contribution in [0.5, 0.6) is 5.75 Å². The second kappa shape index (κ2) is 4.67. The Bertz CT molecular complexity index is 532. The van der Waals surface area contributed by atoms with Gasteiger partial charge in [0.1, 0.15) is 12.4 Å². The molecular weight excluding hydrogens is 246 g/mol. The molecule has 0 aliphatic carbocycles. The molecule has 0 amide bonds. The van der Waals surface area contributed by atoms with Crippen LogP contribution < -0.4 is 4.74 Å². The second-order valence-corrected chi connectivity index (χ2v) is 4.07. The van der Waals surface area contributed by atoms with E-state index < -0.39 is 0 Å². The molecule has 1 aromatic heterocycles.